The maximum Gasteiger partial charge on any atom is 0.260 e. The van der Waals surface area contributed by atoms with Gasteiger partial charge in [0, 0.05) is 0 Å². The van der Waals surface area contributed by atoms with Crippen molar-refractivity contribution in [2.45, 2.75) is 0 Å². The Labute approximate surface area is 69.9 Å². The van der Waals surface area contributed by atoms with Crippen molar-refractivity contribution in [3.8, 4) is 0 Å². The van der Waals surface area contributed by atoms with E-state index in [0.29, 0.717) is 0 Å². The predicted octanol–water partition coefficient (Wildman–Crippen LogP) is 0.319. The van der Waals surface area contributed by atoms with Crippen molar-refractivity contribution in [1.29, 1.82) is 0 Å². The Bertz CT molecular complexity index is 324. The van der Waals surface area contributed by atoms with Crippen molar-refractivity contribution >= 4 is 17.3 Å². The lowest BCUT2D eigenvalue weighted by molar-refractivity contribution is -0.117. The fourth-order valence-corrected chi connectivity index (χ4v) is 1.22. The van der Waals surface area contributed by atoms with Crippen molar-refractivity contribution in [3.63, 3.8) is 0 Å². The Hall–Kier alpha value is -1.55. The number of rotatable bonds is 0. The number of anilines is 2. The average molecular weight is 163 g/mol. The summed E-state index contributed by atoms with van der Waals surface area (Å²) in [4.78, 5) is 11.1. The van der Waals surface area contributed by atoms with E-state index in [1.54, 1.807) is 6.07 Å². The molecule has 1 amide bonds. The lowest BCUT2D eigenvalue weighted by Crippen LogP contribution is -2.44. The largest absolute Gasteiger partial charge is 0.374 e. The van der Waals surface area contributed by atoms with E-state index < -0.39 is 0 Å². The number of amides is 1. The van der Waals surface area contributed by atoms with Crippen LogP contribution in [0.25, 0.3) is 0 Å². The number of fused-ring (bicyclic) bond motifs is 1. The third-order valence-electron chi connectivity index (χ3n) is 1.86. The van der Waals surface area contributed by atoms with Gasteiger partial charge in [0.15, 0.2) is 0 Å². The van der Waals surface area contributed by atoms with Crippen LogP contribution in [0.5, 0.6) is 0 Å². The molecular weight excluding hydrogens is 154 g/mol. The van der Waals surface area contributed by atoms with Gasteiger partial charge in [-0.25, -0.2) is 10.9 Å². The molecule has 0 saturated carbocycles. The first-order valence-electron chi connectivity index (χ1n) is 3.69. The molecule has 0 spiro atoms. The highest BCUT2D eigenvalue weighted by atomic mass is 16.2. The Morgan fingerprint density at radius 1 is 1.42 bits per heavy atom. The third-order valence-corrected chi connectivity index (χ3v) is 1.86. The minimum absolute atomic E-state index is 0.117. The predicted molar refractivity (Wildman–Crippen MR) is 46.6 cm³/mol. The maximum atomic E-state index is 11.1. The number of hydrogen-bond acceptors (Lipinski definition) is 3. The summed E-state index contributed by atoms with van der Waals surface area (Å²) in [5.74, 6) is 5.42. The molecule has 1 aliphatic rings. The van der Waals surface area contributed by atoms with E-state index in [0.717, 1.165) is 11.4 Å². The number of nitrogens with one attached hydrogen (secondary N) is 1. The summed E-state index contributed by atoms with van der Waals surface area (Å²) >= 11 is 0. The third kappa shape index (κ3) is 0.931. The van der Waals surface area contributed by atoms with E-state index in [1.807, 2.05) is 18.2 Å². The minimum atomic E-state index is -0.117. The molecule has 62 valence electrons. The molecule has 1 aromatic carbocycles. The molecule has 0 bridgehead atoms. The quantitative estimate of drug-likeness (QED) is 0.427. The molecule has 1 aromatic rings. The number of benzene rings is 1. The van der Waals surface area contributed by atoms with Crippen molar-refractivity contribution in [2.24, 2.45) is 5.84 Å². The summed E-state index contributed by atoms with van der Waals surface area (Å²) in [6, 6.07) is 7.44. The van der Waals surface area contributed by atoms with Crippen LogP contribution in [-0.4, -0.2) is 12.5 Å². The van der Waals surface area contributed by atoms with Gasteiger partial charge in [0.1, 0.15) is 0 Å². The van der Waals surface area contributed by atoms with Crippen molar-refractivity contribution in [2.75, 3.05) is 16.9 Å². The van der Waals surface area contributed by atoms with Crippen LogP contribution in [0, 0.1) is 0 Å². The fourth-order valence-electron chi connectivity index (χ4n) is 1.22. The lowest BCUT2D eigenvalue weighted by Gasteiger charge is -2.25. The van der Waals surface area contributed by atoms with Gasteiger partial charge in [0.05, 0.1) is 17.9 Å². The summed E-state index contributed by atoms with van der Waals surface area (Å²) in [6.45, 7) is 0.271. The standard InChI is InChI=1S/C8H9N3O/c9-11-7-4-2-1-3-6(7)10-5-8(11)12/h1-4,10H,5,9H2. The van der Waals surface area contributed by atoms with Crippen LogP contribution in [0.2, 0.25) is 0 Å². The molecule has 12 heavy (non-hydrogen) atoms. The van der Waals surface area contributed by atoms with Crippen molar-refractivity contribution in [1.82, 2.24) is 0 Å². The van der Waals surface area contributed by atoms with E-state index in [9.17, 15) is 4.79 Å². The molecule has 0 saturated heterocycles. The molecule has 2 rings (SSSR count). The molecule has 0 unspecified atom stereocenters. The highest BCUT2D eigenvalue weighted by Crippen LogP contribution is 2.26. The van der Waals surface area contributed by atoms with E-state index in [2.05, 4.69) is 5.32 Å². The SMILES string of the molecule is NN1C(=O)CNc2ccccc21. The molecule has 4 heteroatoms. The second-order valence-corrected chi connectivity index (χ2v) is 2.63. The second kappa shape index (κ2) is 2.49. The zero-order valence-corrected chi connectivity index (χ0v) is 6.45. The molecule has 0 atom stereocenters. The number of carbonyl (C=O) groups is 1. The van der Waals surface area contributed by atoms with E-state index in [4.69, 9.17) is 5.84 Å². The Morgan fingerprint density at radius 3 is 3.00 bits per heavy atom. The Kier molecular flexibility index (Phi) is 1.48. The van der Waals surface area contributed by atoms with E-state index >= 15 is 0 Å². The molecule has 1 aliphatic heterocycles. The molecule has 0 radical (unpaired) electrons. The van der Waals surface area contributed by atoms with Crippen LogP contribution in [0.3, 0.4) is 0 Å². The number of nitrogens with zero attached hydrogens (tertiary/aromatic N) is 1. The summed E-state index contributed by atoms with van der Waals surface area (Å²) in [5.41, 5.74) is 1.63. The first-order valence-corrected chi connectivity index (χ1v) is 3.69. The second-order valence-electron chi connectivity index (χ2n) is 2.63. The number of carbonyl (C=O) groups excluding carboxylic acids is 1. The minimum Gasteiger partial charge on any atom is -0.374 e. The normalized spacial score (nSPS) is 15.4. The van der Waals surface area contributed by atoms with Gasteiger partial charge in [0.25, 0.3) is 5.91 Å². The molecule has 3 N–H and O–H groups in total. The summed E-state index contributed by atoms with van der Waals surface area (Å²) < 4.78 is 0. The number of nitrogens with two attached hydrogens (primary N) is 1. The van der Waals surface area contributed by atoms with Gasteiger partial charge in [-0.05, 0) is 12.1 Å². The lowest BCUT2D eigenvalue weighted by atomic mass is 10.2. The highest BCUT2D eigenvalue weighted by Gasteiger charge is 2.19. The highest BCUT2D eigenvalue weighted by molar-refractivity contribution is 6.01. The van der Waals surface area contributed by atoms with Gasteiger partial charge in [-0.2, -0.15) is 0 Å². The van der Waals surface area contributed by atoms with Crippen LogP contribution in [0.15, 0.2) is 24.3 Å². The molecule has 0 aliphatic carbocycles. The van der Waals surface area contributed by atoms with Gasteiger partial charge in [0.2, 0.25) is 0 Å². The Balaban J connectivity index is 2.48. The zero-order chi connectivity index (χ0) is 8.55. The van der Waals surface area contributed by atoms with E-state index in [-0.39, 0.29) is 12.5 Å². The van der Waals surface area contributed by atoms with Crippen molar-refractivity contribution in [3.05, 3.63) is 24.3 Å². The zero-order valence-electron chi connectivity index (χ0n) is 6.45. The molecule has 1 heterocycles. The van der Waals surface area contributed by atoms with E-state index in [1.165, 1.54) is 5.01 Å². The van der Waals surface area contributed by atoms with Gasteiger partial charge in [-0.1, -0.05) is 12.1 Å². The summed E-state index contributed by atoms with van der Waals surface area (Å²) in [6.07, 6.45) is 0. The smallest absolute Gasteiger partial charge is 0.260 e. The van der Waals surface area contributed by atoms with Crippen molar-refractivity contribution < 1.29 is 4.79 Å². The molecule has 0 fully saturated rings. The first kappa shape index (κ1) is 7.12. The maximum absolute atomic E-state index is 11.1. The topological polar surface area (TPSA) is 58.4 Å². The summed E-state index contributed by atoms with van der Waals surface area (Å²) in [7, 11) is 0. The molecular formula is C8H9N3O. The van der Waals surface area contributed by atoms with Crippen LogP contribution in [-0.2, 0) is 4.79 Å². The molecule has 4 nitrogen and oxygen atoms in total. The monoisotopic (exact) mass is 163 g/mol. The number of hydrazine groups is 1. The number of para-hydroxylation sites is 2. The number of hydrogen-bond donors (Lipinski definition) is 2. The van der Waals surface area contributed by atoms with Gasteiger partial charge in [-0.15, -0.1) is 0 Å². The van der Waals surface area contributed by atoms with Gasteiger partial charge >= 0.3 is 0 Å². The van der Waals surface area contributed by atoms with Gasteiger partial charge < -0.3 is 5.32 Å². The molecule has 0 aromatic heterocycles. The fraction of sp³-hybridized carbons (Fsp3) is 0.125. The van der Waals surface area contributed by atoms with Gasteiger partial charge in [-0.3, -0.25) is 4.79 Å². The van der Waals surface area contributed by atoms with Crippen LogP contribution in [0.1, 0.15) is 0 Å². The summed E-state index contributed by atoms with van der Waals surface area (Å²) in [5, 5.41) is 4.14. The Morgan fingerprint density at radius 2 is 2.17 bits per heavy atom. The average Bonchev–Trinajstić information content (AvgIpc) is 2.12. The first-order chi connectivity index (χ1) is 5.79. The van der Waals surface area contributed by atoms with Crippen LogP contribution in [0.4, 0.5) is 11.4 Å². The van der Waals surface area contributed by atoms with Crippen LogP contribution < -0.4 is 16.2 Å². The van der Waals surface area contributed by atoms with Crippen LogP contribution >= 0.6 is 0 Å².